The molecule has 1 aliphatic heterocycles. The van der Waals surface area contributed by atoms with Gasteiger partial charge < -0.3 is 14.3 Å². The van der Waals surface area contributed by atoms with E-state index in [-0.39, 0.29) is 6.17 Å². The fraction of sp³-hybridized carbons (Fsp3) is 0.0256. The van der Waals surface area contributed by atoms with Gasteiger partial charge in [0.15, 0.2) is 11.4 Å². The molecular formula is C39H26N4O. The van der Waals surface area contributed by atoms with E-state index in [0.29, 0.717) is 5.84 Å². The minimum Gasteiger partial charge on any atom is -0.454 e. The van der Waals surface area contributed by atoms with Crippen molar-refractivity contribution < 1.29 is 4.42 Å². The van der Waals surface area contributed by atoms with E-state index in [4.69, 9.17) is 14.4 Å². The molecular weight excluding hydrogens is 540 g/mol. The smallest absolute Gasteiger partial charge is 0.159 e. The van der Waals surface area contributed by atoms with Crippen LogP contribution in [0, 0.1) is 0 Å². The van der Waals surface area contributed by atoms with Gasteiger partial charge in [-0.1, -0.05) is 121 Å². The fourth-order valence-corrected chi connectivity index (χ4v) is 6.40. The van der Waals surface area contributed by atoms with Crippen LogP contribution in [0.2, 0.25) is 0 Å². The molecule has 0 saturated heterocycles. The van der Waals surface area contributed by atoms with Gasteiger partial charge in [-0.05, 0) is 29.8 Å². The Labute approximate surface area is 253 Å². The van der Waals surface area contributed by atoms with Gasteiger partial charge in [0.2, 0.25) is 0 Å². The third kappa shape index (κ3) is 3.87. The van der Waals surface area contributed by atoms with Crippen LogP contribution < -0.4 is 5.32 Å². The van der Waals surface area contributed by atoms with E-state index >= 15 is 0 Å². The standard InChI is InChI=1S/C39H26N4O/c1-3-12-25(13-4-1)37-40-38(26-14-5-2-6-15-26)42-39(41-37)27-22-23-29-28-16-7-9-19-32(28)43(34(29)24-27)33-20-11-18-31-30-17-8-10-21-35(30)44-36(31)33/h1-24,39H,(H,40,41,42). The molecule has 0 saturated carbocycles. The van der Waals surface area contributed by atoms with Gasteiger partial charge in [-0.3, -0.25) is 0 Å². The Kier molecular flexibility index (Phi) is 5.50. The van der Waals surface area contributed by atoms with Gasteiger partial charge in [0.1, 0.15) is 17.6 Å². The van der Waals surface area contributed by atoms with Crippen molar-refractivity contribution in [2.75, 3.05) is 0 Å². The minimum atomic E-state index is -0.323. The molecule has 1 unspecified atom stereocenters. The van der Waals surface area contributed by atoms with Gasteiger partial charge in [0.05, 0.1) is 16.7 Å². The zero-order valence-corrected chi connectivity index (χ0v) is 23.7. The molecule has 6 aromatic carbocycles. The number of fused-ring (bicyclic) bond motifs is 6. The first-order valence-electron chi connectivity index (χ1n) is 14.8. The Bertz CT molecular complexity index is 2420. The van der Waals surface area contributed by atoms with Crippen LogP contribution in [0.4, 0.5) is 0 Å². The molecule has 0 aliphatic carbocycles. The summed E-state index contributed by atoms with van der Waals surface area (Å²) in [6, 6.07) is 50.3. The number of nitrogens with one attached hydrogen (secondary N) is 1. The lowest BCUT2D eigenvalue weighted by Crippen LogP contribution is -2.33. The van der Waals surface area contributed by atoms with Crippen molar-refractivity contribution >= 4 is 55.4 Å². The molecule has 0 amide bonds. The fourth-order valence-electron chi connectivity index (χ4n) is 6.40. The lowest BCUT2D eigenvalue weighted by Gasteiger charge is -2.24. The second kappa shape index (κ2) is 9.82. The average molecular weight is 567 g/mol. The highest BCUT2D eigenvalue weighted by Crippen LogP contribution is 2.38. The number of furan rings is 1. The summed E-state index contributed by atoms with van der Waals surface area (Å²) in [6.45, 7) is 0. The molecule has 0 spiro atoms. The number of hydrogen-bond donors (Lipinski definition) is 1. The third-order valence-electron chi connectivity index (χ3n) is 8.46. The van der Waals surface area contributed by atoms with E-state index < -0.39 is 0 Å². The average Bonchev–Trinajstić information content (AvgIpc) is 3.64. The Balaban J connectivity index is 1.26. The predicted molar refractivity (Wildman–Crippen MR) is 180 cm³/mol. The van der Waals surface area contributed by atoms with E-state index in [1.165, 1.54) is 10.8 Å². The molecule has 0 fully saturated rings. The molecule has 2 aromatic heterocycles. The Morgan fingerprint density at radius 3 is 2.09 bits per heavy atom. The molecule has 3 heterocycles. The highest BCUT2D eigenvalue weighted by Gasteiger charge is 2.23. The van der Waals surface area contributed by atoms with Crippen LogP contribution in [0.25, 0.3) is 49.4 Å². The normalized spacial score (nSPS) is 15.0. The van der Waals surface area contributed by atoms with Gasteiger partial charge in [-0.2, -0.15) is 0 Å². The number of para-hydroxylation sites is 3. The van der Waals surface area contributed by atoms with Gasteiger partial charge in [-0.15, -0.1) is 0 Å². The first-order chi connectivity index (χ1) is 21.8. The summed E-state index contributed by atoms with van der Waals surface area (Å²) in [5.41, 5.74) is 8.06. The van der Waals surface area contributed by atoms with Crippen molar-refractivity contribution in [2.24, 2.45) is 9.98 Å². The van der Waals surface area contributed by atoms with E-state index in [0.717, 1.165) is 61.2 Å². The summed E-state index contributed by atoms with van der Waals surface area (Å²) >= 11 is 0. The Morgan fingerprint density at radius 1 is 0.568 bits per heavy atom. The van der Waals surface area contributed by atoms with Gasteiger partial charge in [0.25, 0.3) is 0 Å². The summed E-state index contributed by atoms with van der Waals surface area (Å²) < 4.78 is 8.84. The monoisotopic (exact) mass is 566 g/mol. The van der Waals surface area contributed by atoms with Gasteiger partial charge in [0, 0.05) is 32.7 Å². The van der Waals surface area contributed by atoms with E-state index in [9.17, 15) is 0 Å². The number of amidine groups is 2. The first kappa shape index (κ1) is 24.6. The number of benzene rings is 6. The van der Waals surface area contributed by atoms with Crippen molar-refractivity contribution in [1.29, 1.82) is 0 Å². The van der Waals surface area contributed by atoms with Crippen LogP contribution in [-0.4, -0.2) is 16.2 Å². The Hall–Kier alpha value is -5.94. The Morgan fingerprint density at radius 2 is 1.25 bits per heavy atom. The van der Waals surface area contributed by atoms with Crippen molar-refractivity contribution in [3.8, 4) is 5.69 Å². The van der Waals surface area contributed by atoms with E-state index in [2.05, 4.69) is 107 Å². The topological polar surface area (TPSA) is 54.8 Å². The first-order valence-corrected chi connectivity index (χ1v) is 14.8. The molecule has 5 nitrogen and oxygen atoms in total. The number of nitrogens with zero attached hydrogens (tertiary/aromatic N) is 3. The van der Waals surface area contributed by atoms with Gasteiger partial charge >= 0.3 is 0 Å². The predicted octanol–water partition coefficient (Wildman–Crippen LogP) is 9.18. The second-order valence-corrected chi connectivity index (χ2v) is 11.1. The van der Waals surface area contributed by atoms with Crippen molar-refractivity contribution in [1.82, 2.24) is 9.88 Å². The number of hydrogen-bond acceptors (Lipinski definition) is 4. The summed E-state index contributed by atoms with van der Waals surface area (Å²) in [5.74, 6) is 1.51. The maximum absolute atomic E-state index is 6.51. The molecule has 44 heavy (non-hydrogen) atoms. The van der Waals surface area contributed by atoms with E-state index in [1.54, 1.807) is 0 Å². The van der Waals surface area contributed by atoms with Crippen molar-refractivity contribution in [3.63, 3.8) is 0 Å². The molecule has 0 bridgehead atoms. The lowest BCUT2D eigenvalue weighted by atomic mass is 10.1. The number of aromatic nitrogens is 1. The zero-order chi connectivity index (χ0) is 29.0. The molecule has 208 valence electrons. The molecule has 1 atom stereocenters. The SMILES string of the molecule is c1ccc(C2=NC(c3ccc4c5ccccc5n(-c5cccc6c5oc5ccccc56)c4c3)NC(c3ccccc3)=N2)cc1. The number of rotatable bonds is 4. The van der Waals surface area contributed by atoms with Crippen LogP contribution in [-0.2, 0) is 0 Å². The van der Waals surface area contributed by atoms with Crippen LogP contribution in [0.3, 0.4) is 0 Å². The highest BCUT2D eigenvalue weighted by atomic mass is 16.3. The molecule has 5 heteroatoms. The number of aliphatic imine (C=N–C) groups is 2. The summed E-state index contributed by atoms with van der Waals surface area (Å²) in [5, 5.41) is 8.22. The molecule has 1 aliphatic rings. The summed E-state index contributed by atoms with van der Waals surface area (Å²) in [6.07, 6.45) is -0.323. The van der Waals surface area contributed by atoms with Crippen molar-refractivity contribution in [2.45, 2.75) is 6.17 Å². The maximum Gasteiger partial charge on any atom is 0.159 e. The minimum absolute atomic E-state index is 0.323. The van der Waals surface area contributed by atoms with E-state index in [1.807, 2.05) is 48.5 Å². The van der Waals surface area contributed by atoms with Crippen LogP contribution in [0.1, 0.15) is 22.9 Å². The molecule has 9 rings (SSSR count). The second-order valence-electron chi connectivity index (χ2n) is 11.1. The maximum atomic E-state index is 6.51. The lowest BCUT2D eigenvalue weighted by molar-refractivity contribution is 0.666. The molecule has 0 radical (unpaired) electrons. The van der Waals surface area contributed by atoms with Crippen molar-refractivity contribution in [3.05, 3.63) is 162 Å². The summed E-state index contributed by atoms with van der Waals surface area (Å²) in [7, 11) is 0. The molecule has 1 N–H and O–H groups in total. The van der Waals surface area contributed by atoms with Crippen LogP contribution in [0.5, 0.6) is 0 Å². The van der Waals surface area contributed by atoms with Crippen LogP contribution in [0.15, 0.2) is 160 Å². The highest BCUT2D eigenvalue weighted by molar-refractivity contribution is 6.14. The summed E-state index contributed by atoms with van der Waals surface area (Å²) in [4.78, 5) is 10.1. The van der Waals surface area contributed by atoms with Crippen LogP contribution >= 0.6 is 0 Å². The quantitative estimate of drug-likeness (QED) is 0.231. The third-order valence-corrected chi connectivity index (χ3v) is 8.46. The zero-order valence-electron chi connectivity index (χ0n) is 23.7. The largest absolute Gasteiger partial charge is 0.454 e. The molecule has 8 aromatic rings. The van der Waals surface area contributed by atoms with Gasteiger partial charge in [-0.25, -0.2) is 9.98 Å².